The zero-order valence-corrected chi connectivity index (χ0v) is 12.4. The number of aliphatic carboxylic acids is 1. The molecule has 0 fully saturated rings. The SMILES string of the molecule is O=C(O)/C=C/c1cc(OCCSC(F)(F)F)ccc1Br. The fraction of sp³-hybridized carbons (Fsp3) is 0.250. The Morgan fingerprint density at radius 2 is 2.15 bits per heavy atom. The Morgan fingerprint density at radius 3 is 2.75 bits per heavy atom. The van der Waals surface area contributed by atoms with Gasteiger partial charge in [-0.15, -0.1) is 0 Å². The Balaban J connectivity index is 2.59. The second-order valence-electron chi connectivity index (χ2n) is 3.50. The summed E-state index contributed by atoms with van der Waals surface area (Å²) in [4.78, 5) is 10.4. The van der Waals surface area contributed by atoms with Gasteiger partial charge in [-0.05, 0) is 41.6 Å². The van der Waals surface area contributed by atoms with Crippen molar-refractivity contribution in [1.29, 1.82) is 0 Å². The van der Waals surface area contributed by atoms with Crippen LogP contribution in [0.25, 0.3) is 6.08 Å². The van der Waals surface area contributed by atoms with E-state index in [2.05, 4.69) is 15.9 Å². The molecular weight excluding hydrogens is 361 g/mol. The van der Waals surface area contributed by atoms with Gasteiger partial charge in [0.15, 0.2) is 0 Å². The number of alkyl halides is 3. The van der Waals surface area contributed by atoms with Crippen LogP contribution < -0.4 is 4.74 Å². The van der Waals surface area contributed by atoms with Crippen LogP contribution in [0.15, 0.2) is 28.7 Å². The topological polar surface area (TPSA) is 46.5 Å². The average Bonchev–Trinajstić information content (AvgIpc) is 2.33. The number of rotatable bonds is 6. The molecule has 0 aliphatic heterocycles. The van der Waals surface area contributed by atoms with E-state index in [1.54, 1.807) is 18.2 Å². The van der Waals surface area contributed by atoms with Crippen LogP contribution in [-0.2, 0) is 4.79 Å². The summed E-state index contributed by atoms with van der Waals surface area (Å²) < 4.78 is 41.6. The van der Waals surface area contributed by atoms with E-state index in [0.717, 1.165) is 6.08 Å². The molecule has 0 unspecified atom stereocenters. The molecule has 0 radical (unpaired) electrons. The minimum absolute atomic E-state index is 0.0894. The molecule has 0 saturated carbocycles. The smallest absolute Gasteiger partial charge is 0.441 e. The minimum atomic E-state index is -4.27. The first-order valence-corrected chi connectivity index (χ1v) is 7.10. The van der Waals surface area contributed by atoms with Crippen molar-refractivity contribution in [2.45, 2.75) is 5.51 Å². The lowest BCUT2D eigenvalue weighted by Crippen LogP contribution is -2.07. The molecule has 110 valence electrons. The van der Waals surface area contributed by atoms with E-state index < -0.39 is 11.5 Å². The van der Waals surface area contributed by atoms with Gasteiger partial charge in [0.2, 0.25) is 0 Å². The molecule has 20 heavy (non-hydrogen) atoms. The van der Waals surface area contributed by atoms with E-state index >= 15 is 0 Å². The van der Waals surface area contributed by atoms with Gasteiger partial charge in [-0.2, -0.15) is 13.2 Å². The Bertz CT molecular complexity index is 503. The molecule has 0 aliphatic rings. The zero-order chi connectivity index (χ0) is 15.2. The maximum Gasteiger partial charge on any atom is 0.441 e. The maximum atomic E-state index is 11.9. The van der Waals surface area contributed by atoms with E-state index in [0.29, 0.717) is 15.8 Å². The number of ether oxygens (including phenoxy) is 1. The first kappa shape index (κ1) is 16.9. The Morgan fingerprint density at radius 1 is 1.45 bits per heavy atom. The van der Waals surface area contributed by atoms with Crippen molar-refractivity contribution in [3.05, 3.63) is 34.3 Å². The van der Waals surface area contributed by atoms with Crippen molar-refractivity contribution in [2.75, 3.05) is 12.4 Å². The number of hydrogen-bond acceptors (Lipinski definition) is 3. The standard InChI is InChI=1S/C12H10BrF3O3S/c13-10-3-2-9(7-8(10)1-4-11(17)18)19-5-6-20-12(14,15)16/h1-4,7H,5-6H2,(H,17,18)/b4-1+. The first-order valence-electron chi connectivity index (χ1n) is 5.32. The van der Waals surface area contributed by atoms with Gasteiger partial charge < -0.3 is 9.84 Å². The lowest BCUT2D eigenvalue weighted by molar-refractivity contribution is -0.131. The third-order valence-electron chi connectivity index (χ3n) is 1.99. The molecule has 0 spiro atoms. The largest absolute Gasteiger partial charge is 0.493 e. The van der Waals surface area contributed by atoms with Crippen molar-refractivity contribution in [3.8, 4) is 5.75 Å². The molecule has 0 heterocycles. The van der Waals surface area contributed by atoms with Crippen LogP contribution in [0.2, 0.25) is 0 Å². The van der Waals surface area contributed by atoms with Gasteiger partial charge in [0.05, 0.1) is 6.61 Å². The van der Waals surface area contributed by atoms with E-state index in [1.807, 2.05) is 0 Å². The summed E-state index contributed by atoms with van der Waals surface area (Å²) in [5.74, 6) is -0.925. The van der Waals surface area contributed by atoms with Gasteiger partial charge >= 0.3 is 11.5 Å². The number of benzene rings is 1. The van der Waals surface area contributed by atoms with Gasteiger partial charge in [0.1, 0.15) is 5.75 Å². The summed E-state index contributed by atoms with van der Waals surface area (Å²) >= 11 is 3.08. The summed E-state index contributed by atoms with van der Waals surface area (Å²) in [5, 5.41) is 8.54. The number of halogens is 4. The average molecular weight is 371 g/mol. The fourth-order valence-electron chi connectivity index (χ4n) is 1.22. The summed E-state index contributed by atoms with van der Waals surface area (Å²) in [5.41, 5.74) is -3.70. The zero-order valence-electron chi connectivity index (χ0n) is 9.98. The Hall–Kier alpha value is -1.15. The number of carboxylic acids is 1. The molecule has 0 aromatic heterocycles. The van der Waals surface area contributed by atoms with E-state index in [4.69, 9.17) is 9.84 Å². The molecule has 1 aromatic rings. The highest BCUT2D eigenvalue weighted by atomic mass is 79.9. The molecule has 8 heteroatoms. The lowest BCUT2D eigenvalue weighted by atomic mass is 10.2. The Kier molecular flexibility index (Phi) is 6.41. The minimum Gasteiger partial charge on any atom is -0.493 e. The first-order chi connectivity index (χ1) is 9.28. The number of carbonyl (C=O) groups is 1. The molecule has 1 N–H and O–H groups in total. The number of carboxylic acid groups (broad SMARTS) is 1. The van der Waals surface area contributed by atoms with Gasteiger partial charge in [0.25, 0.3) is 0 Å². The molecular formula is C12H10BrF3O3S. The third kappa shape index (κ3) is 6.85. The molecule has 0 atom stereocenters. The third-order valence-corrected chi connectivity index (χ3v) is 3.41. The molecule has 0 amide bonds. The molecule has 0 bridgehead atoms. The van der Waals surface area contributed by atoms with Crippen molar-refractivity contribution < 1.29 is 27.8 Å². The van der Waals surface area contributed by atoms with Crippen molar-refractivity contribution in [3.63, 3.8) is 0 Å². The van der Waals surface area contributed by atoms with Gasteiger partial charge in [-0.25, -0.2) is 4.79 Å². The highest BCUT2D eigenvalue weighted by molar-refractivity contribution is 9.10. The van der Waals surface area contributed by atoms with Crippen LogP contribution >= 0.6 is 27.7 Å². The molecule has 1 aromatic carbocycles. The van der Waals surface area contributed by atoms with E-state index in [9.17, 15) is 18.0 Å². The van der Waals surface area contributed by atoms with Crippen LogP contribution in [0.4, 0.5) is 13.2 Å². The highest BCUT2D eigenvalue weighted by Gasteiger charge is 2.27. The second-order valence-corrected chi connectivity index (χ2v) is 5.51. The van der Waals surface area contributed by atoms with Crippen LogP contribution in [0.1, 0.15) is 5.56 Å². The quantitative estimate of drug-likeness (QED) is 0.602. The van der Waals surface area contributed by atoms with Crippen LogP contribution in [0.5, 0.6) is 5.75 Å². The highest BCUT2D eigenvalue weighted by Crippen LogP contribution is 2.30. The number of thioether (sulfide) groups is 1. The summed E-state index contributed by atoms with van der Waals surface area (Å²) in [6, 6.07) is 4.76. The van der Waals surface area contributed by atoms with E-state index in [1.165, 1.54) is 6.08 Å². The normalized spacial score (nSPS) is 11.8. The molecule has 1 rings (SSSR count). The van der Waals surface area contributed by atoms with Crippen LogP contribution in [0.3, 0.4) is 0 Å². The van der Waals surface area contributed by atoms with Gasteiger partial charge in [0, 0.05) is 16.3 Å². The monoisotopic (exact) mass is 370 g/mol. The molecule has 3 nitrogen and oxygen atoms in total. The predicted molar refractivity (Wildman–Crippen MR) is 74.8 cm³/mol. The summed E-state index contributed by atoms with van der Waals surface area (Å²) in [7, 11) is 0. The van der Waals surface area contributed by atoms with Crippen molar-refractivity contribution in [1.82, 2.24) is 0 Å². The van der Waals surface area contributed by atoms with Gasteiger partial charge in [-0.1, -0.05) is 15.9 Å². The van der Waals surface area contributed by atoms with Crippen LogP contribution in [-0.4, -0.2) is 28.9 Å². The molecule has 0 aliphatic carbocycles. The molecule has 0 saturated heterocycles. The van der Waals surface area contributed by atoms with Gasteiger partial charge in [-0.3, -0.25) is 0 Å². The maximum absolute atomic E-state index is 11.9. The van der Waals surface area contributed by atoms with Crippen molar-refractivity contribution >= 4 is 39.7 Å². The van der Waals surface area contributed by atoms with Crippen LogP contribution in [0, 0.1) is 0 Å². The van der Waals surface area contributed by atoms with E-state index in [-0.39, 0.29) is 24.1 Å². The second kappa shape index (κ2) is 7.58. The Labute approximate surface area is 125 Å². The number of hydrogen-bond donors (Lipinski definition) is 1. The summed E-state index contributed by atoms with van der Waals surface area (Å²) in [6.07, 6.45) is 2.33. The summed E-state index contributed by atoms with van der Waals surface area (Å²) in [6.45, 7) is -0.0894. The van der Waals surface area contributed by atoms with Crippen molar-refractivity contribution in [2.24, 2.45) is 0 Å². The lowest BCUT2D eigenvalue weighted by Gasteiger charge is -2.09. The predicted octanol–water partition coefficient (Wildman–Crippen LogP) is 4.18. The fourth-order valence-corrected chi connectivity index (χ4v) is 1.99.